The fourth-order valence-electron chi connectivity index (χ4n) is 3.84. The topological polar surface area (TPSA) is 93.9 Å². The number of alkyl halides is 3. The number of anilines is 1. The van der Waals surface area contributed by atoms with E-state index in [0.29, 0.717) is 27.4 Å². The number of benzene rings is 3. The predicted molar refractivity (Wildman–Crippen MR) is 158 cm³/mol. The van der Waals surface area contributed by atoms with Crippen LogP contribution in [0.3, 0.4) is 0 Å². The van der Waals surface area contributed by atoms with Crippen LogP contribution >= 0.6 is 35.6 Å². The Labute approximate surface area is 252 Å². The molecule has 1 N–H and O–H groups in total. The Morgan fingerprint density at radius 1 is 1.14 bits per heavy atom. The third kappa shape index (κ3) is 7.26. The summed E-state index contributed by atoms with van der Waals surface area (Å²) in [6, 6.07) is 17.9. The summed E-state index contributed by atoms with van der Waals surface area (Å²) in [5.41, 5.74) is 6.17. The van der Waals surface area contributed by atoms with Crippen molar-refractivity contribution in [3.63, 3.8) is 0 Å². The number of hydrogen-bond donors (Lipinski definition) is 1. The van der Waals surface area contributed by atoms with Crippen molar-refractivity contribution < 1.29 is 27.5 Å². The minimum absolute atomic E-state index is 0.0466. The van der Waals surface area contributed by atoms with Crippen LogP contribution in [0, 0.1) is 6.92 Å². The van der Waals surface area contributed by atoms with Gasteiger partial charge >= 0.3 is 6.36 Å². The van der Waals surface area contributed by atoms with Crippen LogP contribution in [0.4, 0.5) is 18.9 Å². The molecule has 0 aliphatic carbocycles. The van der Waals surface area contributed by atoms with Crippen molar-refractivity contribution in [1.82, 2.24) is 20.2 Å². The summed E-state index contributed by atoms with van der Waals surface area (Å²) < 4.78 is 42.5. The second-order valence-electron chi connectivity index (χ2n) is 8.81. The minimum atomic E-state index is -4.76. The van der Waals surface area contributed by atoms with Crippen molar-refractivity contribution in [2.75, 3.05) is 10.7 Å². The van der Waals surface area contributed by atoms with Crippen LogP contribution in [0.15, 0.2) is 78.0 Å². The van der Waals surface area contributed by atoms with E-state index in [-0.39, 0.29) is 29.1 Å². The molecule has 4 aromatic rings. The summed E-state index contributed by atoms with van der Waals surface area (Å²) in [6.07, 6.45) is -3.30. The lowest BCUT2D eigenvalue weighted by Crippen LogP contribution is -2.31. The lowest BCUT2D eigenvalue weighted by atomic mass is 10.1. The van der Waals surface area contributed by atoms with Gasteiger partial charge in [0.15, 0.2) is 11.0 Å². The first-order valence-electron chi connectivity index (χ1n) is 12.2. The number of carbonyl (C=O) groups excluding carboxylic acids is 1. The molecule has 1 saturated heterocycles. The number of aliphatic imine (C=N–C) groups is 1. The number of ether oxygens (including phenoxy) is 1. The van der Waals surface area contributed by atoms with Gasteiger partial charge in [-0.1, -0.05) is 53.7 Å². The summed E-state index contributed by atoms with van der Waals surface area (Å²) >= 11 is 12.9. The van der Waals surface area contributed by atoms with Crippen LogP contribution in [0.5, 0.6) is 5.75 Å². The summed E-state index contributed by atoms with van der Waals surface area (Å²) in [5.74, 6) is 0.168. The highest BCUT2D eigenvalue weighted by molar-refractivity contribution is 8.15. The summed E-state index contributed by atoms with van der Waals surface area (Å²) in [7, 11) is 0. The number of halogens is 4. The van der Waals surface area contributed by atoms with Gasteiger partial charge in [-0.05, 0) is 66.7 Å². The molecule has 0 radical (unpaired) electrons. The smallest absolute Gasteiger partial charge is 0.406 e. The molecule has 0 saturated carbocycles. The number of aryl methyl sites for hydroxylation is 1. The van der Waals surface area contributed by atoms with Crippen LogP contribution in [0.2, 0.25) is 5.02 Å². The lowest BCUT2D eigenvalue weighted by Gasteiger charge is -2.18. The number of carbonyl (C=O) groups is 1. The van der Waals surface area contributed by atoms with Gasteiger partial charge in [0, 0.05) is 5.56 Å². The number of amides is 1. The Morgan fingerprint density at radius 3 is 2.60 bits per heavy atom. The number of nitrogens with one attached hydrogen (secondary N) is 1. The molecule has 1 aliphatic rings. The minimum Gasteiger partial charge on any atom is -0.406 e. The van der Waals surface area contributed by atoms with E-state index in [1.54, 1.807) is 18.2 Å². The van der Waals surface area contributed by atoms with E-state index in [0.717, 1.165) is 16.7 Å². The van der Waals surface area contributed by atoms with E-state index >= 15 is 0 Å². The van der Waals surface area contributed by atoms with Crippen molar-refractivity contribution in [1.29, 1.82) is 0 Å². The van der Waals surface area contributed by atoms with E-state index in [9.17, 15) is 18.0 Å². The number of thioether (sulfide) groups is 1. The van der Waals surface area contributed by atoms with Crippen LogP contribution in [-0.4, -0.2) is 43.1 Å². The number of amidine groups is 1. The van der Waals surface area contributed by atoms with E-state index in [4.69, 9.17) is 28.7 Å². The van der Waals surface area contributed by atoms with E-state index in [1.165, 1.54) is 51.9 Å². The van der Waals surface area contributed by atoms with Crippen LogP contribution < -0.4 is 15.1 Å². The fourth-order valence-corrected chi connectivity index (χ4v) is 5.11. The van der Waals surface area contributed by atoms with Gasteiger partial charge in [0.25, 0.3) is 0 Å². The third-order valence-electron chi connectivity index (χ3n) is 5.74. The zero-order chi connectivity index (χ0) is 29.9. The van der Waals surface area contributed by atoms with Gasteiger partial charge in [-0.2, -0.15) is 4.99 Å². The summed E-state index contributed by atoms with van der Waals surface area (Å²) in [6.45, 7) is 2.07. The van der Waals surface area contributed by atoms with Gasteiger partial charge in [-0.25, -0.2) is 15.1 Å². The molecule has 15 heteroatoms. The number of aromatic nitrogens is 3. The average molecular weight is 633 g/mol. The molecule has 0 unspecified atom stereocenters. The van der Waals surface area contributed by atoms with Gasteiger partial charge < -0.3 is 4.74 Å². The molecule has 1 amide bonds. The van der Waals surface area contributed by atoms with E-state index < -0.39 is 6.36 Å². The van der Waals surface area contributed by atoms with Crippen molar-refractivity contribution in [3.8, 4) is 22.8 Å². The zero-order valence-corrected chi connectivity index (χ0v) is 24.0. The molecule has 42 heavy (non-hydrogen) atoms. The van der Waals surface area contributed by atoms with Crippen LogP contribution in [0.1, 0.15) is 11.1 Å². The first kappa shape index (κ1) is 29.5. The van der Waals surface area contributed by atoms with Gasteiger partial charge in [0.2, 0.25) is 11.0 Å². The monoisotopic (exact) mass is 632 g/mol. The second kappa shape index (κ2) is 12.5. The Hall–Kier alpha value is -3.98. The second-order valence-corrected chi connectivity index (χ2v) is 10.6. The van der Waals surface area contributed by atoms with E-state index in [1.807, 2.05) is 31.2 Å². The molecular weight excluding hydrogens is 613 g/mol. The zero-order valence-electron chi connectivity index (χ0n) is 21.6. The highest BCUT2D eigenvalue weighted by Gasteiger charge is 2.32. The normalized spacial score (nSPS) is 14.5. The molecule has 216 valence electrons. The third-order valence-corrected chi connectivity index (χ3v) is 7.16. The van der Waals surface area contributed by atoms with Crippen LogP contribution in [0.25, 0.3) is 17.1 Å². The van der Waals surface area contributed by atoms with Gasteiger partial charge in [0.05, 0.1) is 28.8 Å². The first-order chi connectivity index (χ1) is 20.1. The standard InChI is InChI=1S/C27H20ClF3N6O3S2/c1-16-2-11-21(28)22(12-16)37-23(38)14-42-26(37)33-25(41)35-39-13-17-3-5-18(6-4-17)24-32-15-36(34-24)19-7-9-20(10-8-19)40-27(29,30)31/h2-12,15H,13-14H2,1H3,(H,35,41). The van der Waals surface area contributed by atoms with Gasteiger partial charge in [-0.15, -0.1) is 18.3 Å². The molecule has 0 atom stereocenters. The van der Waals surface area contributed by atoms with Gasteiger partial charge in [-0.3, -0.25) is 14.5 Å². The molecule has 2 heterocycles. The van der Waals surface area contributed by atoms with Crippen molar-refractivity contribution >= 4 is 57.5 Å². The van der Waals surface area contributed by atoms with Crippen molar-refractivity contribution in [2.24, 2.45) is 4.99 Å². The van der Waals surface area contributed by atoms with Gasteiger partial charge in [0.1, 0.15) is 12.1 Å². The van der Waals surface area contributed by atoms with Crippen molar-refractivity contribution in [2.45, 2.75) is 19.9 Å². The molecule has 0 bridgehead atoms. The fraction of sp³-hybridized carbons (Fsp3) is 0.148. The molecule has 1 fully saturated rings. The maximum Gasteiger partial charge on any atom is 0.573 e. The predicted octanol–water partition coefficient (Wildman–Crippen LogP) is 6.24. The largest absolute Gasteiger partial charge is 0.573 e. The highest BCUT2D eigenvalue weighted by atomic mass is 35.5. The lowest BCUT2D eigenvalue weighted by molar-refractivity contribution is -0.274. The Morgan fingerprint density at radius 2 is 1.88 bits per heavy atom. The Balaban J connectivity index is 1.16. The maximum absolute atomic E-state index is 12.5. The molecule has 1 aromatic heterocycles. The van der Waals surface area contributed by atoms with Crippen LogP contribution in [-0.2, 0) is 16.2 Å². The quantitative estimate of drug-likeness (QED) is 0.189. The Bertz CT molecular complexity index is 1650. The summed E-state index contributed by atoms with van der Waals surface area (Å²) in [4.78, 5) is 28.1. The molecule has 1 aliphatic heterocycles. The number of nitrogens with zero attached hydrogens (tertiary/aromatic N) is 5. The number of hydrogen-bond acceptors (Lipinski definition) is 7. The Kier molecular flexibility index (Phi) is 8.77. The molecule has 0 spiro atoms. The molecule has 9 nitrogen and oxygen atoms in total. The SMILES string of the molecule is Cc1ccc(Cl)c(N2C(=O)CSC2=NC(=S)NOCc2ccc(-c3ncn(-c4ccc(OC(F)(F)F)cc4)n3)cc2)c1. The summed E-state index contributed by atoms with van der Waals surface area (Å²) in [5, 5.41) is 5.27. The average Bonchev–Trinajstić information content (AvgIpc) is 3.57. The maximum atomic E-state index is 12.5. The number of hydroxylamine groups is 1. The molecular formula is C27H20ClF3N6O3S2. The van der Waals surface area contributed by atoms with E-state index in [2.05, 4.69) is 25.3 Å². The van der Waals surface area contributed by atoms with Crippen molar-refractivity contribution in [3.05, 3.63) is 89.2 Å². The highest BCUT2D eigenvalue weighted by Crippen LogP contribution is 2.33. The molecule has 5 rings (SSSR count). The number of rotatable bonds is 7. The first-order valence-corrected chi connectivity index (χ1v) is 13.9. The number of thiocarbonyl (C=S) groups is 1. The molecule has 3 aromatic carbocycles.